The molecule has 0 heterocycles. The molecule has 0 aromatic heterocycles. The molecule has 0 spiro atoms. The quantitative estimate of drug-likeness (QED) is 0.803. The van der Waals surface area contributed by atoms with Crippen molar-refractivity contribution in [2.45, 2.75) is 78.7 Å². The van der Waals surface area contributed by atoms with Gasteiger partial charge in [0.1, 0.15) is 6.10 Å². The summed E-state index contributed by atoms with van der Waals surface area (Å²) in [4.78, 5) is 12.7. The van der Waals surface area contributed by atoms with Crippen LogP contribution in [0.5, 0.6) is 0 Å². The predicted octanol–water partition coefficient (Wildman–Crippen LogP) is 3.90. The van der Waals surface area contributed by atoms with Gasteiger partial charge in [-0.25, -0.2) is 0 Å². The third-order valence-corrected chi connectivity index (χ3v) is 5.68. The maximum absolute atomic E-state index is 12.7. The standard InChI is InChI=1S/C18H33NO2/c1-13-5-7-18(12-19,8-6-13)16(20)21-15-9-14(2)10-17(3,4)11-15/h13-15H,5-12,19H2,1-4H3. The Hall–Kier alpha value is -0.570. The molecule has 0 aromatic rings. The molecular weight excluding hydrogens is 262 g/mol. The molecule has 122 valence electrons. The number of carbonyl (C=O) groups is 1. The van der Waals surface area contributed by atoms with Gasteiger partial charge in [0.05, 0.1) is 5.41 Å². The third kappa shape index (κ3) is 4.00. The van der Waals surface area contributed by atoms with E-state index >= 15 is 0 Å². The van der Waals surface area contributed by atoms with Crippen molar-refractivity contribution in [3.63, 3.8) is 0 Å². The van der Waals surface area contributed by atoms with E-state index in [1.807, 2.05) is 0 Å². The van der Waals surface area contributed by atoms with Gasteiger partial charge in [0.2, 0.25) is 0 Å². The van der Waals surface area contributed by atoms with Crippen molar-refractivity contribution in [2.75, 3.05) is 6.54 Å². The van der Waals surface area contributed by atoms with Gasteiger partial charge in [-0.2, -0.15) is 0 Å². The predicted molar refractivity (Wildman–Crippen MR) is 85.8 cm³/mol. The third-order valence-electron chi connectivity index (χ3n) is 5.68. The molecular formula is C18H33NO2. The molecule has 0 aromatic carbocycles. The first-order chi connectivity index (χ1) is 9.76. The van der Waals surface area contributed by atoms with Crippen LogP contribution in [-0.4, -0.2) is 18.6 Å². The Morgan fingerprint density at radius 1 is 1.14 bits per heavy atom. The average Bonchev–Trinajstić information content (AvgIpc) is 2.37. The lowest BCUT2D eigenvalue weighted by Gasteiger charge is -2.41. The van der Waals surface area contributed by atoms with Gasteiger partial charge in [0.15, 0.2) is 0 Å². The van der Waals surface area contributed by atoms with Crippen molar-refractivity contribution in [3.05, 3.63) is 0 Å². The molecule has 2 fully saturated rings. The van der Waals surface area contributed by atoms with Gasteiger partial charge < -0.3 is 10.5 Å². The summed E-state index contributed by atoms with van der Waals surface area (Å²) in [7, 11) is 0. The van der Waals surface area contributed by atoms with Crippen LogP contribution in [-0.2, 0) is 9.53 Å². The number of carbonyl (C=O) groups excluding carboxylic acids is 1. The summed E-state index contributed by atoms with van der Waals surface area (Å²) < 4.78 is 5.95. The first-order valence-corrected chi connectivity index (χ1v) is 8.67. The van der Waals surface area contributed by atoms with Crippen molar-refractivity contribution in [3.8, 4) is 0 Å². The van der Waals surface area contributed by atoms with Crippen molar-refractivity contribution in [2.24, 2.45) is 28.4 Å². The highest BCUT2D eigenvalue weighted by atomic mass is 16.5. The summed E-state index contributed by atoms with van der Waals surface area (Å²) in [5, 5.41) is 0. The molecule has 2 unspecified atom stereocenters. The first-order valence-electron chi connectivity index (χ1n) is 8.67. The highest BCUT2D eigenvalue weighted by Gasteiger charge is 2.43. The second kappa shape index (κ2) is 6.28. The van der Waals surface area contributed by atoms with E-state index in [2.05, 4.69) is 27.7 Å². The Kier molecular flexibility index (Phi) is 5.02. The van der Waals surface area contributed by atoms with Crippen LogP contribution in [0.1, 0.15) is 72.6 Å². The fourth-order valence-electron chi connectivity index (χ4n) is 4.43. The minimum Gasteiger partial charge on any atom is -0.462 e. The lowest BCUT2D eigenvalue weighted by Crippen LogP contribution is -2.45. The summed E-state index contributed by atoms with van der Waals surface area (Å²) in [6, 6.07) is 0. The highest BCUT2D eigenvalue weighted by molar-refractivity contribution is 5.77. The zero-order valence-electron chi connectivity index (χ0n) is 14.3. The van der Waals surface area contributed by atoms with Gasteiger partial charge in [-0.05, 0) is 62.2 Å². The topological polar surface area (TPSA) is 52.3 Å². The highest BCUT2D eigenvalue weighted by Crippen LogP contribution is 2.43. The van der Waals surface area contributed by atoms with Crippen molar-refractivity contribution in [1.82, 2.24) is 0 Å². The van der Waals surface area contributed by atoms with Crippen LogP contribution >= 0.6 is 0 Å². The SMILES string of the molecule is CC1CCC(CN)(C(=O)OC2CC(C)CC(C)(C)C2)CC1. The van der Waals surface area contributed by atoms with Crippen LogP contribution in [0, 0.1) is 22.7 Å². The second-order valence-electron chi connectivity index (χ2n) is 8.61. The number of hydrogen-bond acceptors (Lipinski definition) is 3. The van der Waals surface area contributed by atoms with Crippen molar-refractivity contribution < 1.29 is 9.53 Å². The Balaban J connectivity index is 1.99. The van der Waals surface area contributed by atoms with E-state index in [1.165, 1.54) is 6.42 Å². The summed E-state index contributed by atoms with van der Waals surface area (Å²) >= 11 is 0. The van der Waals surface area contributed by atoms with E-state index in [1.54, 1.807) is 0 Å². The smallest absolute Gasteiger partial charge is 0.313 e. The van der Waals surface area contributed by atoms with E-state index < -0.39 is 5.41 Å². The van der Waals surface area contributed by atoms with Gasteiger partial charge in [0.25, 0.3) is 0 Å². The van der Waals surface area contributed by atoms with Crippen molar-refractivity contribution >= 4 is 5.97 Å². The summed E-state index contributed by atoms with van der Waals surface area (Å²) in [6.45, 7) is 9.53. The van der Waals surface area contributed by atoms with Crippen LogP contribution in [0.2, 0.25) is 0 Å². The van der Waals surface area contributed by atoms with Gasteiger partial charge in [-0.3, -0.25) is 4.79 Å². The van der Waals surface area contributed by atoms with E-state index in [-0.39, 0.29) is 17.5 Å². The molecule has 0 aliphatic heterocycles. The minimum atomic E-state index is -0.405. The molecule has 2 aliphatic carbocycles. The first kappa shape index (κ1) is 16.8. The lowest BCUT2D eigenvalue weighted by atomic mass is 9.70. The molecule has 21 heavy (non-hydrogen) atoms. The van der Waals surface area contributed by atoms with Crippen molar-refractivity contribution in [1.29, 1.82) is 0 Å². The average molecular weight is 295 g/mol. The molecule has 0 saturated heterocycles. The largest absolute Gasteiger partial charge is 0.462 e. The fourth-order valence-corrected chi connectivity index (χ4v) is 4.43. The van der Waals surface area contributed by atoms with Gasteiger partial charge >= 0.3 is 5.97 Å². The summed E-state index contributed by atoms with van der Waals surface area (Å²) in [5.74, 6) is 1.32. The normalized spacial score (nSPS) is 39.8. The zero-order valence-corrected chi connectivity index (χ0v) is 14.3. The molecule has 3 nitrogen and oxygen atoms in total. The van der Waals surface area contributed by atoms with Gasteiger partial charge in [0, 0.05) is 6.54 Å². The Morgan fingerprint density at radius 3 is 2.29 bits per heavy atom. The van der Waals surface area contributed by atoms with E-state index in [0.29, 0.717) is 18.4 Å². The monoisotopic (exact) mass is 295 g/mol. The van der Waals surface area contributed by atoms with E-state index in [9.17, 15) is 4.79 Å². The second-order valence-corrected chi connectivity index (χ2v) is 8.61. The number of ether oxygens (including phenoxy) is 1. The molecule has 2 rings (SSSR count). The number of esters is 1. The fraction of sp³-hybridized carbons (Fsp3) is 0.944. The molecule has 0 amide bonds. The summed E-state index contributed by atoms with van der Waals surface area (Å²) in [5.41, 5.74) is 5.84. The van der Waals surface area contributed by atoms with Crippen LogP contribution in [0.25, 0.3) is 0 Å². The molecule has 2 saturated carbocycles. The molecule has 2 N–H and O–H groups in total. The van der Waals surface area contributed by atoms with Gasteiger partial charge in [-0.1, -0.05) is 27.7 Å². The number of rotatable bonds is 3. The van der Waals surface area contributed by atoms with Gasteiger partial charge in [-0.15, -0.1) is 0 Å². The van der Waals surface area contributed by atoms with Crippen LogP contribution in [0.15, 0.2) is 0 Å². The summed E-state index contributed by atoms with van der Waals surface area (Å²) in [6.07, 6.45) is 7.29. The Bertz CT molecular complexity index is 369. The van der Waals surface area contributed by atoms with Crippen LogP contribution in [0.4, 0.5) is 0 Å². The molecule has 0 radical (unpaired) electrons. The molecule has 2 atom stereocenters. The maximum atomic E-state index is 12.7. The molecule has 0 bridgehead atoms. The molecule has 3 heteroatoms. The van der Waals surface area contributed by atoms with E-state index in [0.717, 1.165) is 38.5 Å². The van der Waals surface area contributed by atoms with Crippen LogP contribution in [0.3, 0.4) is 0 Å². The van der Waals surface area contributed by atoms with Crippen LogP contribution < -0.4 is 5.73 Å². The minimum absolute atomic E-state index is 0.0215. The number of hydrogen-bond donors (Lipinski definition) is 1. The lowest BCUT2D eigenvalue weighted by molar-refractivity contribution is -0.168. The number of nitrogens with two attached hydrogens (primary N) is 1. The molecule has 2 aliphatic rings. The Labute approximate surface area is 130 Å². The Morgan fingerprint density at radius 2 is 1.76 bits per heavy atom. The van der Waals surface area contributed by atoms with E-state index in [4.69, 9.17) is 10.5 Å². The zero-order chi connectivity index (χ0) is 15.7. The maximum Gasteiger partial charge on any atom is 0.313 e.